The zero-order chi connectivity index (χ0) is 18.4. The highest BCUT2D eigenvalue weighted by Crippen LogP contribution is 2.73. The smallest absolute Gasteiger partial charge is 0.314 e. The number of aliphatic hydroxyl groups is 1. The number of ether oxygens (including phenoxy) is 1. The largest absolute Gasteiger partial charge is 0.466 e. The van der Waals surface area contributed by atoms with Gasteiger partial charge in [0.25, 0.3) is 0 Å². The minimum Gasteiger partial charge on any atom is -0.466 e. The van der Waals surface area contributed by atoms with Crippen LogP contribution in [0.25, 0.3) is 0 Å². The number of para-hydroxylation sites is 1. The molecule has 3 aliphatic carbocycles. The third-order valence-corrected chi connectivity index (χ3v) is 8.35. The molecule has 1 aromatic rings. The molecule has 2 N–H and O–H groups in total. The number of fused-ring (bicyclic) bond motifs is 3. The molecule has 1 aromatic carbocycles. The molecular weight excluding hydrogens is 340 g/mol. The van der Waals surface area contributed by atoms with E-state index in [1.165, 1.54) is 5.56 Å². The number of hydrogen-bond donors (Lipinski definition) is 2. The van der Waals surface area contributed by atoms with Crippen molar-refractivity contribution in [3.8, 4) is 0 Å². The average molecular weight is 366 g/mol. The quantitative estimate of drug-likeness (QED) is 0.620. The Morgan fingerprint density at radius 3 is 3.04 bits per heavy atom. The molecule has 6 unspecified atom stereocenters. The first-order valence-electron chi connectivity index (χ1n) is 10.2. The van der Waals surface area contributed by atoms with Crippen LogP contribution in [0.4, 0.5) is 5.69 Å². The number of anilines is 1. The molecule has 3 heterocycles. The predicted octanol–water partition coefficient (Wildman–Crippen LogP) is 2.07. The maximum absolute atomic E-state index is 13.2. The lowest BCUT2D eigenvalue weighted by Gasteiger charge is -2.69. The van der Waals surface area contributed by atoms with Gasteiger partial charge in [-0.05, 0) is 44.4 Å². The molecule has 2 bridgehead atoms. The molecular formula is C22H26N2O3. The predicted molar refractivity (Wildman–Crippen MR) is 101 cm³/mol. The Bertz CT molecular complexity index is 869. The van der Waals surface area contributed by atoms with Gasteiger partial charge >= 0.3 is 5.97 Å². The molecule has 5 heteroatoms. The van der Waals surface area contributed by atoms with Crippen LogP contribution in [-0.4, -0.2) is 53.4 Å². The Morgan fingerprint density at radius 2 is 2.19 bits per heavy atom. The molecule has 7 rings (SSSR count). The Morgan fingerprint density at radius 1 is 1.33 bits per heavy atom. The van der Waals surface area contributed by atoms with Gasteiger partial charge < -0.3 is 15.2 Å². The first kappa shape index (κ1) is 16.1. The van der Waals surface area contributed by atoms with Crippen molar-refractivity contribution in [2.75, 3.05) is 25.0 Å². The van der Waals surface area contributed by atoms with Gasteiger partial charge in [0.05, 0.1) is 18.2 Å². The fraction of sp³-hybridized carbons (Fsp3) is 0.591. The summed E-state index contributed by atoms with van der Waals surface area (Å²) in [4.78, 5) is 15.7. The van der Waals surface area contributed by atoms with Crippen LogP contribution in [0.2, 0.25) is 0 Å². The molecule has 6 atom stereocenters. The van der Waals surface area contributed by atoms with Crippen LogP contribution in [-0.2, 0) is 14.9 Å². The van der Waals surface area contributed by atoms with Gasteiger partial charge in [0.15, 0.2) is 0 Å². The normalized spacial score (nSPS) is 45.8. The van der Waals surface area contributed by atoms with Crippen LogP contribution in [0.15, 0.2) is 36.4 Å². The lowest BCUT2D eigenvalue weighted by molar-refractivity contribution is -0.195. The Labute approximate surface area is 159 Å². The van der Waals surface area contributed by atoms with Crippen LogP contribution >= 0.6 is 0 Å². The highest BCUT2D eigenvalue weighted by Gasteiger charge is 2.81. The molecule has 3 aliphatic heterocycles. The minimum absolute atomic E-state index is 0.150. The Hall–Kier alpha value is -1.85. The van der Waals surface area contributed by atoms with Crippen molar-refractivity contribution in [3.63, 3.8) is 0 Å². The van der Waals surface area contributed by atoms with Gasteiger partial charge in [0, 0.05) is 29.1 Å². The number of esters is 1. The van der Waals surface area contributed by atoms with Crippen molar-refractivity contribution in [2.24, 2.45) is 11.3 Å². The molecule has 0 aromatic heterocycles. The van der Waals surface area contributed by atoms with Gasteiger partial charge in [0.1, 0.15) is 5.92 Å². The van der Waals surface area contributed by atoms with Gasteiger partial charge in [-0.15, -0.1) is 0 Å². The van der Waals surface area contributed by atoms with Gasteiger partial charge in [-0.3, -0.25) is 9.69 Å². The van der Waals surface area contributed by atoms with E-state index in [-0.39, 0.29) is 22.8 Å². The molecule has 3 saturated carbocycles. The molecule has 142 valence electrons. The zero-order valence-electron chi connectivity index (χ0n) is 15.6. The molecule has 1 saturated heterocycles. The van der Waals surface area contributed by atoms with E-state index in [1.807, 2.05) is 6.92 Å². The summed E-state index contributed by atoms with van der Waals surface area (Å²) >= 11 is 0. The highest BCUT2D eigenvalue weighted by atomic mass is 16.5. The second kappa shape index (κ2) is 4.95. The summed E-state index contributed by atoms with van der Waals surface area (Å²) in [5.41, 5.74) is 1.48. The third-order valence-electron chi connectivity index (χ3n) is 8.35. The van der Waals surface area contributed by atoms with Crippen LogP contribution in [0.1, 0.15) is 31.7 Å². The minimum atomic E-state index is -0.720. The van der Waals surface area contributed by atoms with Crippen molar-refractivity contribution < 1.29 is 14.6 Å². The van der Waals surface area contributed by atoms with Crippen molar-refractivity contribution in [1.29, 1.82) is 0 Å². The Balaban J connectivity index is 1.65. The van der Waals surface area contributed by atoms with E-state index in [4.69, 9.17) is 4.74 Å². The van der Waals surface area contributed by atoms with E-state index in [0.717, 1.165) is 38.0 Å². The summed E-state index contributed by atoms with van der Waals surface area (Å²) in [7, 11) is 0. The number of hydrogen-bond acceptors (Lipinski definition) is 5. The maximum Gasteiger partial charge on any atom is 0.314 e. The Kier molecular flexibility index (Phi) is 2.96. The lowest BCUT2D eigenvalue weighted by Crippen LogP contribution is -2.81. The van der Waals surface area contributed by atoms with Gasteiger partial charge in [-0.1, -0.05) is 30.4 Å². The molecule has 6 aliphatic rings. The fourth-order valence-electron chi connectivity index (χ4n) is 7.69. The van der Waals surface area contributed by atoms with E-state index in [1.54, 1.807) is 0 Å². The number of nitrogens with one attached hydrogen (secondary N) is 1. The SMILES string of the molecule is CCOC(=O)C1C(O)C23C=CCN4CCC5(c6ccccc6NC15CC2)C43. The summed E-state index contributed by atoms with van der Waals surface area (Å²) < 4.78 is 5.51. The van der Waals surface area contributed by atoms with Crippen LogP contribution < -0.4 is 5.32 Å². The molecule has 4 fully saturated rings. The van der Waals surface area contributed by atoms with E-state index >= 15 is 0 Å². The first-order chi connectivity index (χ1) is 13.1. The fourth-order valence-corrected chi connectivity index (χ4v) is 7.69. The van der Waals surface area contributed by atoms with Gasteiger partial charge in [-0.25, -0.2) is 0 Å². The van der Waals surface area contributed by atoms with Crippen molar-refractivity contribution in [1.82, 2.24) is 4.90 Å². The maximum atomic E-state index is 13.2. The second-order valence-corrected chi connectivity index (χ2v) is 8.95. The van der Waals surface area contributed by atoms with E-state index in [0.29, 0.717) is 6.61 Å². The lowest BCUT2D eigenvalue weighted by atomic mass is 9.38. The summed E-state index contributed by atoms with van der Waals surface area (Å²) in [5, 5.41) is 15.4. The number of carbonyl (C=O) groups is 1. The molecule has 0 radical (unpaired) electrons. The van der Waals surface area contributed by atoms with E-state index in [9.17, 15) is 9.90 Å². The van der Waals surface area contributed by atoms with E-state index < -0.39 is 17.6 Å². The highest BCUT2D eigenvalue weighted by molar-refractivity contribution is 5.82. The van der Waals surface area contributed by atoms with E-state index in [2.05, 4.69) is 46.6 Å². The average Bonchev–Trinajstić information content (AvgIpc) is 3.21. The summed E-state index contributed by atoms with van der Waals surface area (Å²) in [6, 6.07) is 8.78. The topological polar surface area (TPSA) is 61.8 Å². The standard InChI is InChI=1S/C22H26N2O3/c1-2-27-18(26)16-17(25)20-8-5-12-24-13-11-21(19(20)24)14-6-3-4-7-15(14)23-22(16,21)10-9-20/h3-8,16-17,19,23,25H,2,9-13H2,1H3. The summed E-state index contributed by atoms with van der Waals surface area (Å²) in [6.07, 6.45) is 6.53. The zero-order valence-corrected chi connectivity index (χ0v) is 15.6. The molecule has 0 amide bonds. The van der Waals surface area contributed by atoms with Crippen LogP contribution in [0, 0.1) is 11.3 Å². The molecule has 3 spiro atoms. The third kappa shape index (κ3) is 1.52. The van der Waals surface area contributed by atoms with Crippen molar-refractivity contribution >= 4 is 11.7 Å². The molecule has 27 heavy (non-hydrogen) atoms. The van der Waals surface area contributed by atoms with Gasteiger partial charge in [0.2, 0.25) is 0 Å². The van der Waals surface area contributed by atoms with Crippen LogP contribution in [0.5, 0.6) is 0 Å². The van der Waals surface area contributed by atoms with Crippen LogP contribution in [0.3, 0.4) is 0 Å². The van der Waals surface area contributed by atoms with Crippen molar-refractivity contribution in [3.05, 3.63) is 42.0 Å². The second-order valence-electron chi connectivity index (χ2n) is 8.95. The summed E-state index contributed by atoms with van der Waals surface area (Å²) in [5.74, 6) is -0.794. The number of benzene rings is 1. The first-order valence-corrected chi connectivity index (χ1v) is 10.2. The van der Waals surface area contributed by atoms with Crippen molar-refractivity contribution in [2.45, 2.75) is 49.3 Å². The number of nitrogens with zero attached hydrogens (tertiary/aromatic N) is 1. The number of rotatable bonds is 2. The summed E-state index contributed by atoms with van der Waals surface area (Å²) in [6.45, 7) is 4.13. The monoisotopic (exact) mass is 366 g/mol. The van der Waals surface area contributed by atoms with Gasteiger partial charge in [-0.2, -0.15) is 0 Å². The molecule has 5 nitrogen and oxygen atoms in total. The number of aliphatic hydroxyl groups excluding tert-OH is 1. The number of carbonyl (C=O) groups excluding carboxylic acids is 1.